The molecule has 0 radical (unpaired) electrons. The molecule has 0 unspecified atom stereocenters. The second kappa shape index (κ2) is 10.2. The predicted octanol–water partition coefficient (Wildman–Crippen LogP) is 3.49. The fourth-order valence-corrected chi connectivity index (χ4v) is 5.24. The summed E-state index contributed by atoms with van der Waals surface area (Å²) in [6, 6.07) is 14.9. The Kier molecular flexibility index (Phi) is 6.40. The first-order chi connectivity index (χ1) is 19.4. The number of carboxylic acid groups (broad SMARTS) is 2. The lowest BCUT2D eigenvalue weighted by molar-refractivity contribution is 0.0686. The van der Waals surface area contributed by atoms with Crippen LogP contribution in [0.1, 0.15) is 38.9 Å². The first-order valence-corrected chi connectivity index (χ1v) is 12.7. The van der Waals surface area contributed by atoms with E-state index in [0.717, 1.165) is 24.0 Å². The number of hydrogen-bond acceptors (Lipinski definition) is 7. The van der Waals surface area contributed by atoms with E-state index in [1.807, 2.05) is 12.1 Å². The van der Waals surface area contributed by atoms with E-state index >= 15 is 0 Å². The summed E-state index contributed by atoms with van der Waals surface area (Å²) in [4.78, 5) is 51.6. The Bertz CT molecular complexity index is 1790. The largest absolute Gasteiger partial charge is 0.478 e. The summed E-state index contributed by atoms with van der Waals surface area (Å²) >= 11 is 0. The molecule has 1 saturated heterocycles. The molecule has 5 aromatic rings. The molecule has 0 aliphatic carbocycles. The first-order valence-electron chi connectivity index (χ1n) is 12.7. The van der Waals surface area contributed by atoms with Crippen LogP contribution in [0.25, 0.3) is 28.0 Å². The van der Waals surface area contributed by atoms with Crippen molar-refractivity contribution in [2.24, 2.45) is 0 Å². The number of benzene rings is 1. The third-order valence-electron chi connectivity index (χ3n) is 7.17. The quantitative estimate of drug-likeness (QED) is 0.319. The van der Waals surface area contributed by atoms with Crippen molar-refractivity contribution in [1.82, 2.24) is 29.0 Å². The fourth-order valence-electron chi connectivity index (χ4n) is 5.24. The van der Waals surface area contributed by atoms with Gasteiger partial charge >= 0.3 is 17.6 Å². The van der Waals surface area contributed by atoms with Crippen LogP contribution in [-0.4, -0.2) is 64.2 Å². The van der Waals surface area contributed by atoms with Gasteiger partial charge in [-0.3, -0.25) is 29.0 Å². The molecule has 4 aromatic heterocycles. The Labute approximate surface area is 227 Å². The van der Waals surface area contributed by atoms with Crippen molar-refractivity contribution in [1.29, 1.82) is 0 Å². The van der Waals surface area contributed by atoms with Crippen molar-refractivity contribution < 1.29 is 19.8 Å². The zero-order chi connectivity index (χ0) is 27.8. The van der Waals surface area contributed by atoms with Crippen molar-refractivity contribution in [3.63, 3.8) is 0 Å². The molecule has 2 N–H and O–H groups in total. The lowest BCUT2D eigenvalue weighted by atomic mass is 10.1. The number of rotatable bonds is 7. The molecule has 11 nitrogen and oxygen atoms in total. The Balaban J connectivity index is 1.28. The van der Waals surface area contributed by atoms with E-state index < -0.39 is 11.9 Å². The molecule has 1 aliphatic heterocycles. The predicted molar refractivity (Wildman–Crippen MR) is 146 cm³/mol. The lowest BCUT2D eigenvalue weighted by Crippen LogP contribution is -2.29. The first kappa shape index (κ1) is 25.1. The summed E-state index contributed by atoms with van der Waals surface area (Å²) in [5.74, 6) is -1.98. The Morgan fingerprint density at radius 2 is 1.68 bits per heavy atom. The number of aromatic nitrogens is 5. The SMILES string of the molecule is O=C(O)c1ccc(-c2ccc(-n3c(=O)n([C@H]4CCN(Cc5cc(C(=O)O)ccn5)C4)c4ccncc43)cn2)cc1. The molecular weight excluding hydrogens is 512 g/mol. The molecular formula is C29H24N6O5. The van der Waals surface area contributed by atoms with Crippen molar-refractivity contribution in [3.8, 4) is 16.9 Å². The zero-order valence-corrected chi connectivity index (χ0v) is 21.2. The molecule has 1 atom stereocenters. The number of hydrogen-bond donors (Lipinski definition) is 2. The van der Waals surface area contributed by atoms with Crippen molar-refractivity contribution >= 4 is 23.0 Å². The molecule has 0 bridgehead atoms. The maximum Gasteiger partial charge on any atom is 0.335 e. The van der Waals surface area contributed by atoms with Crippen LogP contribution < -0.4 is 5.69 Å². The van der Waals surface area contributed by atoms with Gasteiger partial charge in [-0.1, -0.05) is 12.1 Å². The third kappa shape index (κ3) is 4.63. The summed E-state index contributed by atoms with van der Waals surface area (Å²) < 4.78 is 3.41. The molecule has 1 fully saturated rings. The van der Waals surface area contributed by atoms with Gasteiger partial charge in [-0.05, 0) is 48.9 Å². The number of fused-ring (bicyclic) bond motifs is 1. The Morgan fingerprint density at radius 3 is 2.40 bits per heavy atom. The van der Waals surface area contributed by atoms with E-state index in [0.29, 0.717) is 35.7 Å². The topological polar surface area (TPSA) is 143 Å². The maximum absolute atomic E-state index is 13.8. The highest BCUT2D eigenvalue weighted by Gasteiger charge is 2.29. The van der Waals surface area contributed by atoms with Gasteiger partial charge in [0.1, 0.15) is 0 Å². The van der Waals surface area contributed by atoms with Crippen LogP contribution in [0.2, 0.25) is 0 Å². The standard InChI is InChI=1S/C29H24N6O5/c36-27(37)19-3-1-18(2-4-19)24-6-5-22(14-32-24)34-26-15-30-10-8-25(26)35(29(34)40)23-9-12-33(17-23)16-21-13-20(28(38)39)7-11-31-21/h1-8,10-11,13-15,23H,9,12,16-17H2,(H,36,37)(H,38,39)/t23-/m0/s1. The van der Waals surface area contributed by atoms with Crippen LogP contribution in [0.15, 0.2) is 84.2 Å². The van der Waals surface area contributed by atoms with Crippen LogP contribution in [-0.2, 0) is 6.54 Å². The van der Waals surface area contributed by atoms with Gasteiger partial charge in [-0.2, -0.15) is 0 Å². The number of likely N-dealkylation sites (tertiary alicyclic amines) is 1. The maximum atomic E-state index is 13.8. The normalized spacial score (nSPS) is 15.4. The van der Waals surface area contributed by atoms with E-state index in [1.165, 1.54) is 24.4 Å². The van der Waals surface area contributed by atoms with E-state index in [2.05, 4.69) is 19.9 Å². The van der Waals surface area contributed by atoms with Gasteiger partial charge in [0, 0.05) is 37.6 Å². The van der Waals surface area contributed by atoms with Crippen molar-refractivity contribution in [3.05, 3.63) is 107 Å². The van der Waals surface area contributed by atoms with Crippen molar-refractivity contribution in [2.75, 3.05) is 13.1 Å². The third-order valence-corrected chi connectivity index (χ3v) is 7.17. The molecule has 200 valence electrons. The van der Waals surface area contributed by atoms with Crippen LogP contribution in [0.5, 0.6) is 0 Å². The number of aromatic carboxylic acids is 2. The van der Waals surface area contributed by atoms with Gasteiger partial charge in [0.2, 0.25) is 0 Å². The summed E-state index contributed by atoms with van der Waals surface area (Å²) in [6.45, 7) is 1.85. The molecule has 11 heteroatoms. The number of nitrogens with zero attached hydrogens (tertiary/aromatic N) is 6. The molecule has 1 aliphatic rings. The minimum Gasteiger partial charge on any atom is -0.478 e. The number of carbonyl (C=O) groups is 2. The number of pyridine rings is 3. The fraction of sp³-hybridized carbons (Fsp3) is 0.172. The zero-order valence-electron chi connectivity index (χ0n) is 21.2. The summed E-state index contributed by atoms with van der Waals surface area (Å²) in [7, 11) is 0. The van der Waals surface area contributed by atoms with Gasteiger partial charge in [0.15, 0.2) is 0 Å². The van der Waals surface area contributed by atoms with Crippen LogP contribution in [0.3, 0.4) is 0 Å². The minimum atomic E-state index is -0.992. The molecule has 0 amide bonds. The molecule has 0 saturated carbocycles. The average Bonchev–Trinajstić information content (AvgIpc) is 3.54. The highest BCUT2D eigenvalue weighted by Crippen LogP contribution is 2.27. The van der Waals surface area contributed by atoms with E-state index in [9.17, 15) is 19.5 Å². The van der Waals surface area contributed by atoms with Gasteiger partial charge < -0.3 is 10.2 Å². The Hall–Kier alpha value is -5.16. The van der Waals surface area contributed by atoms with Gasteiger partial charge in [0.05, 0.1) is 57.7 Å². The van der Waals surface area contributed by atoms with Crippen LogP contribution >= 0.6 is 0 Å². The number of imidazole rings is 1. The molecule has 0 spiro atoms. The second-order valence-corrected chi connectivity index (χ2v) is 9.66. The second-order valence-electron chi connectivity index (χ2n) is 9.66. The van der Waals surface area contributed by atoms with E-state index in [1.54, 1.807) is 52.0 Å². The van der Waals surface area contributed by atoms with Gasteiger partial charge in [-0.25, -0.2) is 14.4 Å². The monoisotopic (exact) mass is 536 g/mol. The minimum absolute atomic E-state index is 0.0821. The Morgan fingerprint density at radius 1 is 0.875 bits per heavy atom. The molecule has 40 heavy (non-hydrogen) atoms. The highest BCUT2D eigenvalue weighted by atomic mass is 16.4. The van der Waals surface area contributed by atoms with Gasteiger partial charge in [-0.15, -0.1) is 0 Å². The van der Waals surface area contributed by atoms with E-state index in [4.69, 9.17) is 5.11 Å². The van der Waals surface area contributed by atoms with Crippen molar-refractivity contribution in [2.45, 2.75) is 19.0 Å². The summed E-state index contributed by atoms with van der Waals surface area (Å²) in [5.41, 5.74) is 4.33. The summed E-state index contributed by atoms with van der Waals surface area (Å²) in [6.07, 6.45) is 7.21. The lowest BCUT2D eigenvalue weighted by Gasteiger charge is -2.16. The molecule has 1 aromatic carbocycles. The van der Waals surface area contributed by atoms with Crippen LogP contribution in [0.4, 0.5) is 0 Å². The van der Waals surface area contributed by atoms with Crippen LogP contribution in [0, 0.1) is 0 Å². The molecule has 6 rings (SSSR count). The van der Waals surface area contributed by atoms with Gasteiger partial charge in [0.25, 0.3) is 0 Å². The van der Waals surface area contributed by atoms with E-state index in [-0.39, 0.29) is 22.9 Å². The number of carboxylic acids is 2. The average molecular weight is 537 g/mol. The highest BCUT2D eigenvalue weighted by molar-refractivity contribution is 5.88. The summed E-state index contributed by atoms with van der Waals surface area (Å²) in [5, 5.41) is 18.4. The molecule has 5 heterocycles. The smallest absolute Gasteiger partial charge is 0.335 e.